The van der Waals surface area contributed by atoms with Crippen LogP contribution in [0.4, 0.5) is 5.69 Å². The van der Waals surface area contributed by atoms with Crippen LogP contribution in [0.5, 0.6) is 0 Å². The fourth-order valence-electron chi connectivity index (χ4n) is 2.14. The Morgan fingerprint density at radius 3 is 2.62 bits per heavy atom. The summed E-state index contributed by atoms with van der Waals surface area (Å²) in [5.74, 6) is -0.537. The Labute approximate surface area is 145 Å². The first-order valence-corrected chi connectivity index (χ1v) is 8.01. The van der Waals surface area contributed by atoms with Gasteiger partial charge in [0.2, 0.25) is 11.8 Å². The fraction of sp³-hybridized carbons (Fsp3) is 0.375. The molecule has 7 nitrogen and oxygen atoms in total. The van der Waals surface area contributed by atoms with Crippen LogP contribution in [0, 0.1) is 0 Å². The van der Waals surface area contributed by atoms with Gasteiger partial charge in [-0.2, -0.15) is 5.10 Å². The smallest absolute Gasteiger partial charge is 0.267 e. The molecule has 2 rings (SSSR count). The van der Waals surface area contributed by atoms with Gasteiger partial charge < -0.3 is 10.6 Å². The van der Waals surface area contributed by atoms with Crippen LogP contribution < -0.4 is 10.6 Å². The van der Waals surface area contributed by atoms with Gasteiger partial charge in [-0.15, -0.1) is 0 Å². The van der Waals surface area contributed by atoms with Crippen molar-refractivity contribution >= 4 is 40.7 Å². The van der Waals surface area contributed by atoms with Crippen LogP contribution in [0.1, 0.15) is 25.7 Å². The molecule has 0 saturated heterocycles. The summed E-state index contributed by atoms with van der Waals surface area (Å²) >= 11 is 5.78. The molecule has 0 atom stereocenters. The number of nitrogens with zero attached hydrogens (tertiary/aromatic N) is 2. The van der Waals surface area contributed by atoms with E-state index in [9.17, 15) is 14.4 Å². The number of rotatable bonds is 6. The average molecular weight is 351 g/mol. The zero-order valence-electron chi connectivity index (χ0n) is 13.3. The highest BCUT2D eigenvalue weighted by molar-refractivity contribution is 6.39. The molecule has 128 valence electrons. The summed E-state index contributed by atoms with van der Waals surface area (Å²) in [7, 11) is 1.52. The maximum atomic E-state index is 11.9. The van der Waals surface area contributed by atoms with Crippen LogP contribution >= 0.6 is 11.6 Å². The lowest BCUT2D eigenvalue weighted by Gasteiger charge is -2.18. The second kappa shape index (κ2) is 8.44. The maximum Gasteiger partial charge on any atom is 0.267 e. The van der Waals surface area contributed by atoms with Gasteiger partial charge in [-0.25, -0.2) is 5.01 Å². The molecule has 24 heavy (non-hydrogen) atoms. The van der Waals surface area contributed by atoms with E-state index in [4.69, 9.17) is 11.6 Å². The van der Waals surface area contributed by atoms with Gasteiger partial charge in [-0.1, -0.05) is 11.6 Å². The third kappa shape index (κ3) is 5.34. The molecule has 0 bridgehead atoms. The molecule has 1 aliphatic heterocycles. The highest BCUT2D eigenvalue weighted by Gasteiger charge is 2.21. The summed E-state index contributed by atoms with van der Waals surface area (Å²) < 4.78 is 0. The predicted molar refractivity (Wildman–Crippen MR) is 91.8 cm³/mol. The number of hydrazone groups is 1. The quantitative estimate of drug-likeness (QED) is 0.766. The minimum absolute atomic E-state index is 0.106. The number of anilines is 1. The summed E-state index contributed by atoms with van der Waals surface area (Å²) in [4.78, 5) is 35.0. The normalized spacial score (nSPS) is 14.2. The molecule has 3 amide bonds. The van der Waals surface area contributed by atoms with Gasteiger partial charge in [-0.3, -0.25) is 14.4 Å². The largest absolute Gasteiger partial charge is 0.351 e. The molecule has 0 aromatic heterocycles. The van der Waals surface area contributed by atoms with E-state index in [2.05, 4.69) is 15.7 Å². The lowest BCUT2D eigenvalue weighted by Crippen LogP contribution is -2.38. The third-order valence-electron chi connectivity index (χ3n) is 3.46. The third-order valence-corrected chi connectivity index (χ3v) is 3.72. The number of amides is 3. The zero-order valence-corrected chi connectivity index (χ0v) is 14.1. The van der Waals surface area contributed by atoms with Gasteiger partial charge in [0.25, 0.3) is 5.91 Å². The first-order valence-electron chi connectivity index (χ1n) is 7.63. The van der Waals surface area contributed by atoms with Gasteiger partial charge in [0.05, 0.1) is 0 Å². The number of halogens is 1. The first-order chi connectivity index (χ1) is 11.5. The van der Waals surface area contributed by atoms with Crippen LogP contribution in [-0.2, 0) is 14.4 Å². The van der Waals surface area contributed by atoms with Gasteiger partial charge in [0.1, 0.15) is 5.71 Å². The molecular formula is C16H19ClN4O3. The van der Waals surface area contributed by atoms with E-state index in [-0.39, 0.29) is 30.6 Å². The number of carbonyl (C=O) groups excluding carboxylic acids is 3. The molecule has 8 heteroatoms. The summed E-state index contributed by atoms with van der Waals surface area (Å²) in [5.41, 5.74) is 1.01. The van der Waals surface area contributed by atoms with Crippen molar-refractivity contribution in [3.63, 3.8) is 0 Å². The molecule has 1 aliphatic rings. The molecule has 1 heterocycles. The molecular weight excluding hydrogens is 332 g/mol. The summed E-state index contributed by atoms with van der Waals surface area (Å²) in [6.45, 7) is 0.365. The average Bonchev–Trinajstić information content (AvgIpc) is 2.56. The van der Waals surface area contributed by atoms with Crippen molar-refractivity contribution in [2.75, 3.05) is 18.9 Å². The van der Waals surface area contributed by atoms with E-state index in [1.165, 1.54) is 12.1 Å². The van der Waals surface area contributed by atoms with Crippen molar-refractivity contribution < 1.29 is 14.4 Å². The van der Waals surface area contributed by atoms with Crippen molar-refractivity contribution in [1.29, 1.82) is 0 Å². The van der Waals surface area contributed by atoms with Gasteiger partial charge >= 0.3 is 0 Å². The van der Waals surface area contributed by atoms with Gasteiger partial charge in [0, 0.05) is 43.6 Å². The molecule has 0 radical (unpaired) electrons. The Morgan fingerprint density at radius 2 is 1.96 bits per heavy atom. The Hall–Kier alpha value is -2.41. The Bertz CT molecular complexity index is 658. The van der Waals surface area contributed by atoms with Crippen LogP contribution in [0.15, 0.2) is 29.4 Å². The number of benzene rings is 1. The topological polar surface area (TPSA) is 90.9 Å². The highest BCUT2D eigenvalue weighted by atomic mass is 35.5. The summed E-state index contributed by atoms with van der Waals surface area (Å²) in [5, 5.41) is 11.2. The molecule has 0 spiro atoms. The number of hydrogen-bond donors (Lipinski definition) is 2. The standard InChI is InChI=1S/C16H19ClN4O3/c1-21-15(23)9-8-13(20-21)16(24)18-10-2-3-14(22)19-12-6-4-11(17)5-7-12/h4-7H,2-3,8-10H2,1H3,(H,18,24)(H,19,22). The van der Waals surface area contributed by atoms with Crippen molar-refractivity contribution in [2.45, 2.75) is 25.7 Å². The Morgan fingerprint density at radius 1 is 1.25 bits per heavy atom. The zero-order chi connectivity index (χ0) is 17.5. The van der Waals surface area contributed by atoms with Crippen LogP contribution in [0.25, 0.3) is 0 Å². The number of carbonyl (C=O) groups is 3. The van der Waals surface area contributed by atoms with Gasteiger partial charge in [0.15, 0.2) is 0 Å². The van der Waals surface area contributed by atoms with Crippen molar-refractivity contribution in [3.05, 3.63) is 29.3 Å². The predicted octanol–water partition coefficient (Wildman–Crippen LogP) is 1.78. The minimum Gasteiger partial charge on any atom is -0.351 e. The Kier molecular flexibility index (Phi) is 6.31. The molecule has 0 aliphatic carbocycles. The Balaban J connectivity index is 1.68. The van der Waals surface area contributed by atoms with Crippen molar-refractivity contribution in [3.8, 4) is 0 Å². The van der Waals surface area contributed by atoms with Crippen LogP contribution in [0.2, 0.25) is 5.02 Å². The van der Waals surface area contributed by atoms with Crippen LogP contribution in [0.3, 0.4) is 0 Å². The molecule has 1 aromatic carbocycles. The lowest BCUT2D eigenvalue weighted by molar-refractivity contribution is -0.130. The van der Waals surface area contributed by atoms with E-state index in [0.717, 1.165) is 0 Å². The second-order valence-corrected chi connectivity index (χ2v) is 5.81. The number of nitrogens with one attached hydrogen (secondary N) is 2. The van der Waals surface area contributed by atoms with Gasteiger partial charge in [-0.05, 0) is 30.7 Å². The molecule has 0 saturated carbocycles. The highest BCUT2D eigenvalue weighted by Crippen LogP contribution is 2.13. The van der Waals surface area contributed by atoms with E-state index >= 15 is 0 Å². The first kappa shape index (κ1) is 17.9. The lowest BCUT2D eigenvalue weighted by atomic mass is 10.1. The van der Waals surface area contributed by atoms with Crippen molar-refractivity contribution in [1.82, 2.24) is 10.3 Å². The SMILES string of the molecule is CN1N=C(C(=O)NCCCC(=O)Nc2ccc(Cl)cc2)CCC1=O. The van der Waals surface area contributed by atoms with E-state index in [0.29, 0.717) is 35.8 Å². The number of hydrogen-bond acceptors (Lipinski definition) is 4. The maximum absolute atomic E-state index is 11.9. The fourth-order valence-corrected chi connectivity index (χ4v) is 2.27. The molecule has 0 unspecified atom stereocenters. The van der Waals surface area contributed by atoms with E-state index in [1.54, 1.807) is 24.3 Å². The van der Waals surface area contributed by atoms with E-state index < -0.39 is 0 Å². The summed E-state index contributed by atoms with van der Waals surface area (Å²) in [6.07, 6.45) is 1.42. The second-order valence-electron chi connectivity index (χ2n) is 5.38. The molecule has 0 fully saturated rings. The summed E-state index contributed by atoms with van der Waals surface area (Å²) in [6, 6.07) is 6.84. The molecule has 2 N–H and O–H groups in total. The molecule has 1 aromatic rings. The van der Waals surface area contributed by atoms with Crippen LogP contribution in [-0.4, -0.2) is 42.0 Å². The van der Waals surface area contributed by atoms with Crippen molar-refractivity contribution in [2.24, 2.45) is 5.10 Å². The van der Waals surface area contributed by atoms with E-state index in [1.807, 2.05) is 0 Å². The minimum atomic E-state index is -0.299. The monoisotopic (exact) mass is 350 g/mol.